The maximum absolute atomic E-state index is 12.5. The minimum absolute atomic E-state index is 0.0537. The Morgan fingerprint density at radius 3 is 2.44 bits per heavy atom. The summed E-state index contributed by atoms with van der Waals surface area (Å²) in [7, 11) is -2.64. The molecule has 1 aliphatic rings. The second-order valence-electron chi connectivity index (χ2n) is 3.09. The predicted molar refractivity (Wildman–Crippen MR) is 44.7 cm³/mol. The molecule has 0 aromatic heterocycles. The molecule has 0 amide bonds. The van der Waals surface area contributed by atoms with E-state index in [-0.39, 0.29) is 6.61 Å². The van der Waals surface area contributed by atoms with Gasteiger partial charge in [0.05, 0.1) is 12.7 Å². The molecule has 16 heavy (non-hydrogen) atoms. The standard InChI is InChI=1S/C7H10F5O3P/c1-2-5-3-4-13-16(14-5)15-7(11,12)6(8,9)10/h5H,2-4H2,1H3. The summed E-state index contributed by atoms with van der Waals surface area (Å²) in [5.41, 5.74) is 0. The molecule has 0 bridgehead atoms. The van der Waals surface area contributed by atoms with Gasteiger partial charge in [-0.1, -0.05) is 6.92 Å². The van der Waals surface area contributed by atoms with Gasteiger partial charge in [-0.15, -0.1) is 0 Å². The molecule has 0 aromatic rings. The number of alkyl halides is 5. The molecule has 0 spiro atoms. The third-order valence-electron chi connectivity index (χ3n) is 1.85. The van der Waals surface area contributed by atoms with Crippen LogP contribution >= 0.6 is 8.60 Å². The number of hydrogen-bond acceptors (Lipinski definition) is 3. The third kappa shape index (κ3) is 3.48. The van der Waals surface area contributed by atoms with Gasteiger partial charge in [-0.2, -0.15) is 22.0 Å². The SMILES string of the molecule is CCC1CCOP(OC(F)(F)C(F)(F)F)O1. The van der Waals surface area contributed by atoms with Crippen LogP contribution in [0.15, 0.2) is 0 Å². The van der Waals surface area contributed by atoms with Gasteiger partial charge in [0.1, 0.15) is 0 Å². The predicted octanol–water partition coefficient (Wildman–Crippen LogP) is 3.60. The Hall–Kier alpha value is -0.0400. The molecule has 0 N–H and O–H groups in total. The minimum Gasteiger partial charge on any atom is -0.312 e. The molecule has 3 nitrogen and oxygen atoms in total. The van der Waals surface area contributed by atoms with E-state index in [0.29, 0.717) is 12.8 Å². The van der Waals surface area contributed by atoms with E-state index in [1.54, 1.807) is 6.92 Å². The van der Waals surface area contributed by atoms with Crippen LogP contribution in [0.1, 0.15) is 19.8 Å². The van der Waals surface area contributed by atoms with Crippen LogP contribution in [0.25, 0.3) is 0 Å². The lowest BCUT2D eigenvalue weighted by molar-refractivity contribution is -0.364. The van der Waals surface area contributed by atoms with E-state index in [1.807, 2.05) is 0 Å². The van der Waals surface area contributed by atoms with E-state index in [4.69, 9.17) is 4.52 Å². The molecule has 9 heteroatoms. The van der Waals surface area contributed by atoms with Crippen molar-refractivity contribution in [3.63, 3.8) is 0 Å². The fourth-order valence-corrected chi connectivity index (χ4v) is 2.14. The number of hydrogen-bond donors (Lipinski definition) is 0. The zero-order valence-corrected chi connectivity index (χ0v) is 9.15. The molecule has 96 valence electrons. The van der Waals surface area contributed by atoms with Crippen molar-refractivity contribution in [2.45, 2.75) is 38.2 Å². The van der Waals surface area contributed by atoms with Crippen LogP contribution in [0.4, 0.5) is 22.0 Å². The molecule has 0 radical (unpaired) electrons. The van der Waals surface area contributed by atoms with Crippen molar-refractivity contribution in [3.8, 4) is 0 Å². The van der Waals surface area contributed by atoms with Crippen LogP contribution in [-0.2, 0) is 13.6 Å². The molecular weight excluding hydrogens is 258 g/mol. The first-order valence-corrected chi connectivity index (χ1v) is 5.59. The fraction of sp³-hybridized carbons (Fsp3) is 1.00. The quantitative estimate of drug-likeness (QED) is 0.578. The Bertz CT molecular complexity index is 235. The summed E-state index contributed by atoms with van der Waals surface area (Å²) in [5, 5.41) is 0. The Labute approximate surface area is 89.9 Å². The lowest BCUT2D eigenvalue weighted by atomic mass is 10.2. The van der Waals surface area contributed by atoms with Crippen molar-refractivity contribution >= 4 is 8.60 Å². The Morgan fingerprint density at radius 2 is 1.94 bits per heavy atom. The normalized spacial score (nSPS) is 28.1. The first-order valence-electron chi connectivity index (χ1n) is 4.49. The Kier molecular flexibility index (Phi) is 4.45. The molecule has 0 aliphatic carbocycles. The molecule has 1 heterocycles. The van der Waals surface area contributed by atoms with Gasteiger partial charge in [0.2, 0.25) is 0 Å². The molecule has 1 saturated heterocycles. The molecule has 0 saturated carbocycles. The summed E-state index contributed by atoms with van der Waals surface area (Å²) < 4.78 is 73.2. The van der Waals surface area contributed by atoms with Gasteiger partial charge >= 0.3 is 20.9 Å². The lowest BCUT2D eigenvalue weighted by Crippen LogP contribution is -2.38. The molecule has 0 aromatic carbocycles. The third-order valence-corrected chi connectivity index (χ3v) is 3.09. The molecular formula is C7H10F5O3P. The van der Waals surface area contributed by atoms with E-state index in [1.165, 1.54) is 0 Å². The van der Waals surface area contributed by atoms with Gasteiger partial charge in [0.25, 0.3) is 0 Å². The summed E-state index contributed by atoms with van der Waals surface area (Å²) in [5.74, 6) is 0. The minimum atomic E-state index is -5.76. The van der Waals surface area contributed by atoms with Crippen LogP contribution in [-0.4, -0.2) is 25.0 Å². The van der Waals surface area contributed by atoms with Crippen molar-refractivity contribution < 1.29 is 35.5 Å². The zero-order valence-electron chi connectivity index (χ0n) is 8.26. The second kappa shape index (κ2) is 5.08. The average molecular weight is 268 g/mol. The van der Waals surface area contributed by atoms with Crippen LogP contribution in [0.5, 0.6) is 0 Å². The van der Waals surface area contributed by atoms with Crippen LogP contribution in [0.2, 0.25) is 0 Å². The van der Waals surface area contributed by atoms with Gasteiger partial charge in [-0.3, -0.25) is 0 Å². The summed E-state index contributed by atoms with van der Waals surface area (Å²) >= 11 is 0. The van der Waals surface area contributed by atoms with Crippen molar-refractivity contribution in [2.75, 3.05) is 6.61 Å². The van der Waals surface area contributed by atoms with Gasteiger partial charge in [0.15, 0.2) is 0 Å². The van der Waals surface area contributed by atoms with Crippen molar-refractivity contribution in [1.82, 2.24) is 0 Å². The Balaban J connectivity index is 2.53. The zero-order chi connectivity index (χ0) is 12.4. The molecule has 1 fully saturated rings. The highest BCUT2D eigenvalue weighted by Crippen LogP contribution is 2.53. The Morgan fingerprint density at radius 1 is 1.31 bits per heavy atom. The van der Waals surface area contributed by atoms with Crippen molar-refractivity contribution in [2.24, 2.45) is 0 Å². The van der Waals surface area contributed by atoms with Crippen LogP contribution in [0, 0.1) is 0 Å². The summed E-state index contributed by atoms with van der Waals surface area (Å²) in [4.78, 5) is 0. The lowest BCUT2D eigenvalue weighted by Gasteiger charge is -2.30. The molecule has 2 unspecified atom stereocenters. The van der Waals surface area contributed by atoms with Crippen molar-refractivity contribution in [1.29, 1.82) is 0 Å². The van der Waals surface area contributed by atoms with Gasteiger partial charge < -0.3 is 9.05 Å². The molecule has 2 atom stereocenters. The van der Waals surface area contributed by atoms with Crippen molar-refractivity contribution in [3.05, 3.63) is 0 Å². The topological polar surface area (TPSA) is 27.7 Å². The highest BCUT2D eigenvalue weighted by Gasteiger charge is 2.61. The van der Waals surface area contributed by atoms with Crippen LogP contribution in [0.3, 0.4) is 0 Å². The smallest absolute Gasteiger partial charge is 0.312 e. The number of halogens is 5. The van der Waals surface area contributed by atoms with Gasteiger partial charge in [-0.05, 0) is 12.8 Å². The monoisotopic (exact) mass is 268 g/mol. The van der Waals surface area contributed by atoms with E-state index in [0.717, 1.165) is 0 Å². The number of rotatable bonds is 3. The van der Waals surface area contributed by atoms with E-state index >= 15 is 0 Å². The van der Waals surface area contributed by atoms with Crippen LogP contribution < -0.4 is 0 Å². The first-order chi connectivity index (χ1) is 7.26. The highest BCUT2D eigenvalue weighted by molar-refractivity contribution is 7.41. The summed E-state index contributed by atoms with van der Waals surface area (Å²) in [6, 6.07) is 0. The summed E-state index contributed by atoms with van der Waals surface area (Å²) in [6.45, 7) is 1.78. The second-order valence-corrected chi connectivity index (χ2v) is 4.19. The maximum atomic E-state index is 12.5. The van der Waals surface area contributed by atoms with E-state index < -0.39 is 27.0 Å². The molecule has 1 rings (SSSR count). The first kappa shape index (κ1) is 14.0. The maximum Gasteiger partial charge on any atom is 0.483 e. The van der Waals surface area contributed by atoms with Gasteiger partial charge in [-0.25, -0.2) is 4.52 Å². The largest absolute Gasteiger partial charge is 0.483 e. The average Bonchev–Trinajstić information content (AvgIpc) is 2.15. The van der Waals surface area contributed by atoms with E-state index in [2.05, 4.69) is 9.05 Å². The molecule has 1 aliphatic heterocycles. The van der Waals surface area contributed by atoms with E-state index in [9.17, 15) is 22.0 Å². The van der Waals surface area contributed by atoms with Gasteiger partial charge in [0, 0.05) is 0 Å². The summed E-state index contributed by atoms with van der Waals surface area (Å²) in [6.07, 6.45) is -10.4. The fourth-order valence-electron chi connectivity index (χ4n) is 0.935. The highest BCUT2D eigenvalue weighted by atomic mass is 31.2.